The van der Waals surface area contributed by atoms with E-state index in [1.54, 1.807) is 0 Å². The van der Waals surface area contributed by atoms with Gasteiger partial charge in [-0.25, -0.2) is 0 Å². The van der Waals surface area contributed by atoms with E-state index in [1.165, 1.54) is 6.92 Å². The molecule has 0 amide bonds. The summed E-state index contributed by atoms with van der Waals surface area (Å²) in [6.45, 7) is 0.780. The zero-order chi connectivity index (χ0) is 8.41. The molecule has 1 nitrogen and oxygen atoms in total. The fourth-order valence-electron chi connectivity index (χ4n) is 0.263. The summed E-state index contributed by atoms with van der Waals surface area (Å²) < 4.78 is 46.9. The van der Waals surface area contributed by atoms with E-state index in [-0.39, 0.29) is 0 Å². The number of rotatable bonds is 3. The van der Waals surface area contributed by atoms with Crippen LogP contribution in [0.4, 0.5) is 17.6 Å². The Hall–Kier alpha value is 0.410. The Kier molecular flexibility index (Phi) is 3.34. The third-order valence-electron chi connectivity index (χ3n) is 0.656. The van der Waals surface area contributed by atoms with Crippen molar-refractivity contribution < 1.29 is 22.3 Å². The Bertz CT molecular complexity index is 110. The molecule has 0 aromatic carbocycles. The molecule has 0 N–H and O–H groups in total. The molecule has 0 atom stereocenters. The minimum absolute atomic E-state index is 0.334. The average Bonchev–Trinajstić information content (AvgIpc) is 1.61. The van der Waals surface area contributed by atoms with E-state index in [0.717, 1.165) is 0 Å². The molecule has 0 rings (SSSR count). The van der Waals surface area contributed by atoms with Crippen LogP contribution in [0.3, 0.4) is 0 Å². The fourth-order valence-corrected chi connectivity index (χ4v) is 0.419. The van der Waals surface area contributed by atoms with Gasteiger partial charge >= 0.3 is 10.0 Å². The molecule has 0 heterocycles. The minimum atomic E-state index is -4.36. The number of hydrogen-bond acceptors (Lipinski definition) is 1. The van der Waals surface area contributed by atoms with Gasteiger partial charge in [0.15, 0.2) is 0 Å². The Morgan fingerprint density at radius 1 is 1.30 bits per heavy atom. The number of alkyl halides is 5. The molecule has 0 aliphatic rings. The molecule has 0 fully saturated rings. The standard InChI is InChI=1S/C4H5F4IO/c1-2-10-4(7,8)3(5,6)9/h2H2,1H3. The molecule has 0 unspecified atom stereocenters. The second kappa shape index (κ2) is 3.21. The van der Waals surface area contributed by atoms with E-state index >= 15 is 0 Å². The Balaban J connectivity index is 4.10. The molecule has 0 saturated heterocycles. The second-order valence-electron chi connectivity index (χ2n) is 1.45. The van der Waals surface area contributed by atoms with Crippen molar-refractivity contribution >= 4 is 22.6 Å². The normalized spacial score (nSPS) is 13.8. The van der Waals surface area contributed by atoms with Crippen LogP contribution in [0.1, 0.15) is 6.92 Å². The van der Waals surface area contributed by atoms with Crippen molar-refractivity contribution in [1.29, 1.82) is 0 Å². The summed E-state index contributed by atoms with van der Waals surface area (Å²) in [7, 11) is 0. The van der Waals surface area contributed by atoms with Gasteiger partial charge in [-0.05, 0) is 6.92 Å². The van der Waals surface area contributed by atoms with Gasteiger partial charge in [0.2, 0.25) is 0 Å². The molecule has 10 heavy (non-hydrogen) atoms. The van der Waals surface area contributed by atoms with E-state index in [0.29, 0.717) is 22.6 Å². The smallest absolute Gasteiger partial charge is 0.315 e. The monoisotopic (exact) mass is 272 g/mol. The van der Waals surface area contributed by atoms with Crippen molar-refractivity contribution in [3.8, 4) is 0 Å². The lowest BCUT2D eigenvalue weighted by atomic mass is 10.6. The van der Waals surface area contributed by atoms with E-state index < -0.39 is 16.6 Å². The van der Waals surface area contributed by atoms with Crippen molar-refractivity contribution in [2.24, 2.45) is 0 Å². The van der Waals surface area contributed by atoms with Crippen molar-refractivity contribution in [3.63, 3.8) is 0 Å². The summed E-state index contributed by atoms with van der Waals surface area (Å²) in [5.41, 5.74) is 0. The van der Waals surface area contributed by atoms with Crippen molar-refractivity contribution in [2.75, 3.05) is 6.61 Å². The van der Waals surface area contributed by atoms with E-state index in [1.807, 2.05) is 0 Å². The first-order valence-corrected chi connectivity index (χ1v) is 3.47. The number of ether oxygens (including phenoxy) is 1. The molecular formula is C4H5F4IO. The summed E-state index contributed by atoms with van der Waals surface area (Å²) in [6, 6.07) is 0. The van der Waals surface area contributed by atoms with Crippen molar-refractivity contribution in [2.45, 2.75) is 17.0 Å². The van der Waals surface area contributed by atoms with Crippen LogP contribution in [0.5, 0.6) is 0 Å². The summed E-state index contributed by atoms with van der Waals surface area (Å²) >= 11 is 0.334. The zero-order valence-electron chi connectivity index (χ0n) is 5.01. The molecule has 0 radical (unpaired) electrons. The van der Waals surface area contributed by atoms with E-state index in [2.05, 4.69) is 4.74 Å². The maximum Gasteiger partial charge on any atom is 0.429 e. The Morgan fingerprint density at radius 3 is 1.80 bits per heavy atom. The maximum absolute atomic E-state index is 12.0. The molecule has 0 aromatic heterocycles. The highest BCUT2D eigenvalue weighted by atomic mass is 127. The molecule has 62 valence electrons. The third-order valence-corrected chi connectivity index (χ3v) is 1.28. The van der Waals surface area contributed by atoms with Gasteiger partial charge in [0.05, 0.1) is 6.61 Å². The van der Waals surface area contributed by atoms with Gasteiger partial charge in [0.1, 0.15) is 0 Å². The summed E-state index contributed by atoms with van der Waals surface area (Å²) in [4.78, 5) is 0. The van der Waals surface area contributed by atoms with Gasteiger partial charge in [-0.2, -0.15) is 17.6 Å². The van der Waals surface area contributed by atoms with E-state index in [4.69, 9.17) is 0 Å². The van der Waals surface area contributed by atoms with Gasteiger partial charge in [-0.15, -0.1) is 0 Å². The zero-order valence-corrected chi connectivity index (χ0v) is 7.16. The molecule has 0 aliphatic carbocycles. The predicted molar refractivity (Wildman–Crippen MR) is 35.5 cm³/mol. The summed E-state index contributed by atoms with van der Waals surface area (Å²) in [5.74, 6) is 0. The molecule has 0 aromatic rings. The fraction of sp³-hybridized carbons (Fsp3) is 1.00. The van der Waals surface area contributed by atoms with Gasteiger partial charge in [-0.3, -0.25) is 0 Å². The first-order chi connectivity index (χ1) is 4.31. The topological polar surface area (TPSA) is 9.23 Å². The van der Waals surface area contributed by atoms with Crippen LogP contribution in [0.2, 0.25) is 0 Å². The predicted octanol–water partition coefficient (Wildman–Crippen LogP) is 2.64. The Labute approximate surface area is 68.9 Å². The Morgan fingerprint density at radius 2 is 1.70 bits per heavy atom. The molecular weight excluding hydrogens is 267 g/mol. The lowest BCUT2D eigenvalue weighted by Gasteiger charge is -2.20. The molecule has 0 saturated carbocycles. The van der Waals surface area contributed by atoms with Crippen LogP contribution in [0.25, 0.3) is 0 Å². The summed E-state index contributed by atoms with van der Waals surface area (Å²) in [6.07, 6.45) is -4.36. The molecule has 0 spiro atoms. The minimum Gasteiger partial charge on any atom is -0.315 e. The van der Waals surface area contributed by atoms with E-state index in [9.17, 15) is 17.6 Å². The van der Waals surface area contributed by atoms with Gasteiger partial charge in [-0.1, -0.05) is 0 Å². The quantitative estimate of drug-likeness (QED) is 0.436. The molecule has 0 aliphatic heterocycles. The van der Waals surface area contributed by atoms with Crippen LogP contribution < -0.4 is 0 Å². The number of hydrogen-bond donors (Lipinski definition) is 0. The third kappa shape index (κ3) is 2.57. The highest BCUT2D eigenvalue weighted by Crippen LogP contribution is 2.40. The van der Waals surface area contributed by atoms with Gasteiger partial charge in [0.25, 0.3) is 0 Å². The first kappa shape index (κ1) is 10.4. The average molecular weight is 272 g/mol. The van der Waals surface area contributed by atoms with Crippen LogP contribution in [-0.4, -0.2) is 16.6 Å². The largest absolute Gasteiger partial charge is 0.429 e. The molecule has 0 bridgehead atoms. The van der Waals surface area contributed by atoms with Gasteiger partial charge < -0.3 is 4.74 Å². The highest BCUT2D eigenvalue weighted by Gasteiger charge is 2.55. The lowest BCUT2D eigenvalue weighted by Crippen LogP contribution is -2.37. The van der Waals surface area contributed by atoms with Crippen molar-refractivity contribution in [1.82, 2.24) is 0 Å². The SMILES string of the molecule is CCOC(F)(F)C(F)(F)I. The van der Waals surface area contributed by atoms with Crippen LogP contribution in [-0.2, 0) is 4.74 Å². The first-order valence-electron chi connectivity index (χ1n) is 2.39. The number of halogens is 5. The van der Waals surface area contributed by atoms with Gasteiger partial charge in [0, 0.05) is 22.6 Å². The van der Waals surface area contributed by atoms with Crippen LogP contribution in [0, 0.1) is 0 Å². The lowest BCUT2D eigenvalue weighted by molar-refractivity contribution is -0.305. The maximum atomic E-state index is 12.0. The molecule has 6 heteroatoms. The van der Waals surface area contributed by atoms with Crippen LogP contribution >= 0.6 is 22.6 Å². The summed E-state index contributed by atoms with van der Waals surface area (Å²) in [5, 5.41) is 0. The second-order valence-corrected chi connectivity index (χ2v) is 2.80. The van der Waals surface area contributed by atoms with Crippen molar-refractivity contribution in [3.05, 3.63) is 0 Å². The highest BCUT2D eigenvalue weighted by molar-refractivity contribution is 14.1. The van der Waals surface area contributed by atoms with Crippen LogP contribution in [0.15, 0.2) is 0 Å².